The molecule has 7 heteroatoms. The van der Waals surface area contributed by atoms with Crippen molar-refractivity contribution in [3.63, 3.8) is 0 Å². The first-order valence-corrected chi connectivity index (χ1v) is 9.70. The lowest BCUT2D eigenvalue weighted by Crippen LogP contribution is -2.55. The predicted octanol–water partition coefficient (Wildman–Crippen LogP) is 2.87. The fourth-order valence-electron chi connectivity index (χ4n) is 3.59. The van der Waals surface area contributed by atoms with Crippen molar-refractivity contribution < 1.29 is 9.59 Å². The normalized spacial score (nSPS) is 14.2. The van der Waals surface area contributed by atoms with Gasteiger partial charge in [-0.05, 0) is 48.7 Å². The van der Waals surface area contributed by atoms with Gasteiger partial charge in [-0.2, -0.15) is 5.26 Å². The van der Waals surface area contributed by atoms with E-state index in [9.17, 15) is 9.59 Å². The molecule has 0 radical (unpaired) electrons. The quantitative estimate of drug-likeness (QED) is 0.683. The molecule has 1 aliphatic rings. The minimum Gasteiger partial charge on any atom is -0.328 e. The van der Waals surface area contributed by atoms with Crippen LogP contribution in [0.1, 0.15) is 28.1 Å². The summed E-state index contributed by atoms with van der Waals surface area (Å²) >= 11 is 0. The van der Waals surface area contributed by atoms with Crippen molar-refractivity contribution >= 4 is 23.3 Å². The number of carbonyl (C=O) groups excluding carboxylic acids is 2. The summed E-state index contributed by atoms with van der Waals surface area (Å²) in [5, 5.41) is 8.90. The highest BCUT2D eigenvalue weighted by Gasteiger charge is 2.35. The van der Waals surface area contributed by atoms with Crippen molar-refractivity contribution in [2.75, 3.05) is 22.9 Å². The Bertz CT molecular complexity index is 1160. The fraction of sp³-hybridized carbons (Fsp3) is 0.217. The highest BCUT2D eigenvalue weighted by molar-refractivity contribution is 6.45. The van der Waals surface area contributed by atoms with Gasteiger partial charge in [-0.1, -0.05) is 24.3 Å². The fourth-order valence-corrected chi connectivity index (χ4v) is 3.59. The molecule has 1 aliphatic heterocycles. The predicted molar refractivity (Wildman–Crippen MR) is 113 cm³/mol. The molecule has 1 aromatic heterocycles. The van der Waals surface area contributed by atoms with Crippen LogP contribution in [0.4, 0.5) is 11.5 Å². The van der Waals surface area contributed by atoms with Crippen LogP contribution in [0.2, 0.25) is 0 Å². The first-order chi connectivity index (χ1) is 14.5. The Kier molecular flexibility index (Phi) is 5.07. The number of nitrogens with zero attached hydrogens (tertiary/aromatic N) is 4. The molecule has 0 atom stereocenters. The van der Waals surface area contributed by atoms with Gasteiger partial charge in [0.05, 0.1) is 17.8 Å². The lowest BCUT2D eigenvalue weighted by atomic mass is 10.1. The van der Waals surface area contributed by atoms with Crippen molar-refractivity contribution in [2.24, 2.45) is 0 Å². The monoisotopic (exact) mass is 399 g/mol. The summed E-state index contributed by atoms with van der Waals surface area (Å²) in [5.41, 5.74) is 4.45. The Morgan fingerprint density at radius 2 is 1.73 bits per heavy atom. The number of anilines is 2. The average molecular weight is 399 g/mol. The molecule has 1 N–H and O–H groups in total. The molecule has 0 bridgehead atoms. The third-order valence-electron chi connectivity index (χ3n) is 5.45. The van der Waals surface area contributed by atoms with Crippen molar-refractivity contribution in [3.05, 3.63) is 76.7 Å². The Morgan fingerprint density at radius 3 is 2.47 bits per heavy atom. The zero-order valence-electron chi connectivity index (χ0n) is 16.8. The standard InChI is InChI=1S/C23H21N5O2/c1-15-4-3-5-19(16(15)2)27-10-11-28(23(30)22(27)29)21-14-25-20(26-21)12-17-6-8-18(13-24)9-7-17/h3-9,14H,10-12H2,1-2H3,(H,25,26). The van der Waals surface area contributed by atoms with Gasteiger partial charge in [0.1, 0.15) is 11.6 Å². The lowest BCUT2D eigenvalue weighted by Gasteiger charge is -2.33. The molecule has 0 spiro atoms. The summed E-state index contributed by atoms with van der Waals surface area (Å²) in [6.45, 7) is 4.75. The third kappa shape index (κ3) is 3.55. The largest absolute Gasteiger partial charge is 0.328 e. The van der Waals surface area contributed by atoms with E-state index in [0.29, 0.717) is 36.7 Å². The van der Waals surface area contributed by atoms with Crippen LogP contribution >= 0.6 is 0 Å². The second-order valence-electron chi connectivity index (χ2n) is 7.33. The number of hydrogen-bond acceptors (Lipinski definition) is 4. The maximum absolute atomic E-state index is 12.8. The van der Waals surface area contributed by atoms with Crippen LogP contribution in [-0.4, -0.2) is 34.9 Å². The molecular weight excluding hydrogens is 378 g/mol. The average Bonchev–Trinajstić information content (AvgIpc) is 3.21. The van der Waals surface area contributed by atoms with E-state index in [-0.39, 0.29) is 0 Å². The summed E-state index contributed by atoms with van der Waals surface area (Å²) in [6, 6.07) is 15.1. The number of piperazine rings is 1. The highest BCUT2D eigenvalue weighted by atomic mass is 16.2. The van der Waals surface area contributed by atoms with Crippen LogP contribution in [0.25, 0.3) is 0 Å². The second-order valence-corrected chi connectivity index (χ2v) is 7.33. The van der Waals surface area contributed by atoms with Crippen LogP contribution in [-0.2, 0) is 16.0 Å². The lowest BCUT2D eigenvalue weighted by molar-refractivity contribution is -0.136. The molecule has 2 aromatic carbocycles. The molecule has 30 heavy (non-hydrogen) atoms. The van der Waals surface area contributed by atoms with E-state index < -0.39 is 11.8 Å². The van der Waals surface area contributed by atoms with Gasteiger partial charge < -0.3 is 9.88 Å². The summed E-state index contributed by atoms with van der Waals surface area (Å²) in [5.74, 6) is 0.0819. The number of hydrogen-bond donors (Lipinski definition) is 1. The van der Waals surface area contributed by atoms with Crippen molar-refractivity contribution in [2.45, 2.75) is 20.3 Å². The van der Waals surface area contributed by atoms with Crippen LogP contribution in [0.5, 0.6) is 0 Å². The molecule has 1 fully saturated rings. The maximum Gasteiger partial charge on any atom is 0.318 e. The number of rotatable bonds is 4. The third-order valence-corrected chi connectivity index (χ3v) is 5.45. The summed E-state index contributed by atoms with van der Waals surface area (Å²) < 4.78 is 0. The van der Waals surface area contributed by atoms with Crippen LogP contribution < -0.4 is 9.80 Å². The first kappa shape index (κ1) is 19.4. The molecule has 2 heterocycles. The molecule has 4 rings (SSSR count). The number of aromatic amines is 1. The van der Waals surface area contributed by atoms with Crippen molar-refractivity contribution in [1.29, 1.82) is 5.26 Å². The molecular formula is C23H21N5O2. The molecule has 3 aromatic rings. The smallest absolute Gasteiger partial charge is 0.318 e. The van der Waals surface area contributed by atoms with E-state index in [0.717, 1.165) is 22.4 Å². The Morgan fingerprint density at radius 1 is 1.03 bits per heavy atom. The number of H-pyrrole nitrogens is 1. The minimum atomic E-state index is -0.573. The van der Waals surface area contributed by atoms with E-state index in [2.05, 4.69) is 16.0 Å². The zero-order chi connectivity index (χ0) is 21.3. The van der Waals surface area contributed by atoms with Gasteiger partial charge in [-0.15, -0.1) is 0 Å². The van der Waals surface area contributed by atoms with Gasteiger partial charge in [0.2, 0.25) is 0 Å². The van der Waals surface area contributed by atoms with Crippen LogP contribution in [0.15, 0.2) is 48.7 Å². The molecule has 7 nitrogen and oxygen atoms in total. The topological polar surface area (TPSA) is 93.1 Å². The van der Waals surface area contributed by atoms with E-state index >= 15 is 0 Å². The van der Waals surface area contributed by atoms with Gasteiger partial charge in [0, 0.05) is 25.2 Å². The first-order valence-electron chi connectivity index (χ1n) is 9.70. The second kappa shape index (κ2) is 7.84. The molecule has 0 saturated carbocycles. The van der Waals surface area contributed by atoms with E-state index in [1.807, 2.05) is 44.2 Å². The van der Waals surface area contributed by atoms with Crippen molar-refractivity contribution in [1.82, 2.24) is 9.97 Å². The van der Waals surface area contributed by atoms with Gasteiger partial charge in [0.15, 0.2) is 0 Å². The number of amides is 2. The highest BCUT2D eigenvalue weighted by Crippen LogP contribution is 2.26. The number of nitriles is 1. The van der Waals surface area contributed by atoms with Gasteiger partial charge in [0.25, 0.3) is 0 Å². The summed E-state index contributed by atoms with van der Waals surface area (Å²) in [6.07, 6.45) is 2.12. The Hall–Kier alpha value is -3.92. The molecule has 1 saturated heterocycles. The number of imidazole rings is 1. The maximum atomic E-state index is 12.8. The van der Waals surface area contributed by atoms with Gasteiger partial charge >= 0.3 is 11.8 Å². The van der Waals surface area contributed by atoms with Gasteiger partial charge in [-0.25, -0.2) is 4.98 Å². The van der Waals surface area contributed by atoms with Crippen molar-refractivity contribution in [3.8, 4) is 6.07 Å². The molecule has 0 aliphatic carbocycles. The molecule has 0 unspecified atom stereocenters. The summed E-state index contributed by atoms with van der Waals surface area (Å²) in [4.78, 5) is 36.1. The van der Waals surface area contributed by atoms with Gasteiger partial charge in [-0.3, -0.25) is 14.5 Å². The minimum absolute atomic E-state index is 0.385. The Balaban J connectivity index is 1.49. The number of nitrogens with one attached hydrogen (secondary N) is 1. The number of carbonyl (C=O) groups is 2. The Labute approximate surface area is 174 Å². The van der Waals surface area contributed by atoms with E-state index in [1.54, 1.807) is 23.2 Å². The molecule has 2 amide bonds. The van der Waals surface area contributed by atoms with E-state index in [1.165, 1.54) is 4.90 Å². The number of aryl methyl sites for hydroxylation is 1. The molecule has 150 valence electrons. The van der Waals surface area contributed by atoms with E-state index in [4.69, 9.17) is 5.26 Å². The SMILES string of the molecule is Cc1cccc(N2CCN(c3cnc(Cc4ccc(C#N)cc4)[nH]3)C(=O)C2=O)c1C. The summed E-state index contributed by atoms with van der Waals surface area (Å²) in [7, 11) is 0. The van der Waals surface area contributed by atoms with Crippen LogP contribution in [0.3, 0.4) is 0 Å². The van der Waals surface area contributed by atoms with Crippen LogP contribution in [0, 0.1) is 25.2 Å². The number of benzene rings is 2. The zero-order valence-corrected chi connectivity index (χ0v) is 16.8. The number of aromatic nitrogens is 2.